The maximum atomic E-state index is 12.6. The van der Waals surface area contributed by atoms with Gasteiger partial charge in [0.05, 0.1) is 12.7 Å². The van der Waals surface area contributed by atoms with Crippen LogP contribution < -0.4 is 0 Å². The van der Waals surface area contributed by atoms with E-state index in [9.17, 15) is 9.59 Å². The molecule has 1 aromatic carbocycles. The Balaban J connectivity index is 2.23. The topological polar surface area (TPSA) is 62.4 Å². The lowest BCUT2D eigenvalue weighted by molar-refractivity contribution is 0.0599. The van der Waals surface area contributed by atoms with Crippen molar-refractivity contribution < 1.29 is 14.3 Å². The number of H-pyrrole nitrogens is 1. The number of hydrogen-bond acceptors (Lipinski definition) is 3. The third-order valence-electron chi connectivity index (χ3n) is 3.72. The van der Waals surface area contributed by atoms with Gasteiger partial charge in [0, 0.05) is 23.8 Å². The molecule has 5 nitrogen and oxygen atoms in total. The van der Waals surface area contributed by atoms with Gasteiger partial charge in [-0.1, -0.05) is 28.1 Å². The van der Waals surface area contributed by atoms with E-state index >= 15 is 0 Å². The fourth-order valence-corrected chi connectivity index (χ4v) is 2.76. The van der Waals surface area contributed by atoms with Crippen molar-refractivity contribution in [2.75, 3.05) is 14.2 Å². The van der Waals surface area contributed by atoms with Gasteiger partial charge < -0.3 is 14.6 Å². The van der Waals surface area contributed by atoms with Crippen molar-refractivity contribution in [1.29, 1.82) is 0 Å². The molecular formula is C17H19BrN2O3. The van der Waals surface area contributed by atoms with Gasteiger partial charge in [-0.2, -0.15) is 0 Å². The van der Waals surface area contributed by atoms with E-state index in [1.165, 1.54) is 7.11 Å². The van der Waals surface area contributed by atoms with Crippen molar-refractivity contribution in [3.05, 3.63) is 56.8 Å². The summed E-state index contributed by atoms with van der Waals surface area (Å²) < 4.78 is 5.76. The molecule has 6 heteroatoms. The second-order valence-corrected chi connectivity index (χ2v) is 6.32. The van der Waals surface area contributed by atoms with E-state index in [0.29, 0.717) is 29.1 Å². The van der Waals surface area contributed by atoms with Crippen molar-refractivity contribution in [2.45, 2.75) is 20.4 Å². The molecule has 1 amide bonds. The number of ether oxygens (including phenoxy) is 1. The summed E-state index contributed by atoms with van der Waals surface area (Å²) in [5.41, 5.74) is 3.12. The molecule has 0 bridgehead atoms. The maximum Gasteiger partial charge on any atom is 0.339 e. The smallest absolute Gasteiger partial charge is 0.339 e. The fourth-order valence-electron chi connectivity index (χ4n) is 2.50. The zero-order valence-electron chi connectivity index (χ0n) is 13.6. The van der Waals surface area contributed by atoms with E-state index in [1.54, 1.807) is 25.8 Å². The van der Waals surface area contributed by atoms with E-state index in [1.807, 2.05) is 24.3 Å². The molecule has 0 fully saturated rings. The molecule has 1 heterocycles. The maximum absolute atomic E-state index is 12.6. The molecule has 2 aromatic rings. The molecule has 1 aromatic heterocycles. The van der Waals surface area contributed by atoms with Gasteiger partial charge in [0.25, 0.3) is 5.91 Å². The van der Waals surface area contributed by atoms with E-state index in [0.717, 1.165) is 10.0 Å². The van der Waals surface area contributed by atoms with Crippen LogP contribution in [0.4, 0.5) is 0 Å². The molecule has 0 atom stereocenters. The summed E-state index contributed by atoms with van der Waals surface area (Å²) in [6.45, 7) is 3.98. The number of esters is 1. The first-order chi connectivity index (χ1) is 10.8. The Labute approximate surface area is 143 Å². The summed E-state index contributed by atoms with van der Waals surface area (Å²) in [6, 6.07) is 7.79. The van der Waals surface area contributed by atoms with Crippen LogP contribution in [-0.4, -0.2) is 35.9 Å². The van der Waals surface area contributed by atoms with Crippen LogP contribution in [0.3, 0.4) is 0 Å². The average Bonchev–Trinajstić information content (AvgIpc) is 2.82. The Hall–Kier alpha value is -2.08. The normalized spacial score (nSPS) is 10.5. The SMILES string of the molecule is COC(=O)c1c(C)[nH]c(C(=O)N(C)Cc2ccc(Br)cc2)c1C. The minimum Gasteiger partial charge on any atom is -0.465 e. The van der Waals surface area contributed by atoms with Crippen molar-refractivity contribution in [3.8, 4) is 0 Å². The third kappa shape index (κ3) is 3.64. The minimum absolute atomic E-state index is 0.163. The van der Waals surface area contributed by atoms with Crippen LogP contribution in [0.25, 0.3) is 0 Å². The molecule has 122 valence electrons. The highest BCUT2D eigenvalue weighted by Gasteiger charge is 2.24. The Morgan fingerprint density at radius 3 is 2.39 bits per heavy atom. The van der Waals surface area contributed by atoms with Gasteiger partial charge in [0.2, 0.25) is 0 Å². The minimum atomic E-state index is -0.439. The number of rotatable bonds is 4. The van der Waals surface area contributed by atoms with E-state index in [4.69, 9.17) is 4.74 Å². The van der Waals surface area contributed by atoms with E-state index < -0.39 is 5.97 Å². The van der Waals surface area contributed by atoms with Crippen molar-refractivity contribution in [1.82, 2.24) is 9.88 Å². The van der Waals surface area contributed by atoms with Gasteiger partial charge in [-0.15, -0.1) is 0 Å². The van der Waals surface area contributed by atoms with Crippen molar-refractivity contribution in [2.24, 2.45) is 0 Å². The number of halogens is 1. The quantitative estimate of drug-likeness (QED) is 0.828. The molecule has 0 aliphatic rings. The number of aromatic nitrogens is 1. The number of aryl methyl sites for hydroxylation is 1. The molecule has 2 rings (SSSR count). The summed E-state index contributed by atoms with van der Waals surface area (Å²) in [6.07, 6.45) is 0. The monoisotopic (exact) mass is 378 g/mol. The second-order valence-electron chi connectivity index (χ2n) is 5.40. The molecule has 0 spiro atoms. The van der Waals surface area contributed by atoms with Crippen LogP contribution in [0.15, 0.2) is 28.7 Å². The summed E-state index contributed by atoms with van der Waals surface area (Å²) in [4.78, 5) is 29.1. The van der Waals surface area contributed by atoms with Crippen molar-refractivity contribution >= 4 is 27.8 Å². The highest BCUT2D eigenvalue weighted by atomic mass is 79.9. The molecule has 0 radical (unpaired) electrons. The van der Waals surface area contributed by atoms with Crippen LogP contribution >= 0.6 is 15.9 Å². The summed E-state index contributed by atoms with van der Waals surface area (Å²) in [5.74, 6) is -0.602. The largest absolute Gasteiger partial charge is 0.465 e. The lowest BCUT2D eigenvalue weighted by Crippen LogP contribution is -2.27. The lowest BCUT2D eigenvalue weighted by Gasteiger charge is -2.17. The predicted octanol–water partition coefficient (Wildman–Crippen LogP) is 3.45. The number of aromatic amines is 1. The van der Waals surface area contributed by atoms with Crippen LogP contribution in [0.1, 0.15) is 37.7 Å². The lowest BCUT2D eigenvalue weighted by atomic mass is 10.1. The molecule has 0 unspecified atom stereocenters. The standard InChI is InChI=1S/C17H19BrN2O3/c1-10-14(17(22)23-4)11(2)19-15(10)16(21)20(3)9-12-5-7-13(18)8-6-12/h5-8,19H,9H2,1-4H3. The number of amides is 1. The molecule has 1 N–H and O–H groups in total. The van der Waals surface area contributed by atoms with Gasteiger partial charge >= 0.3 is 5.97 Å². The predicted molar refractivity (Wildman–Crippen MR) is 91.5 cm³/mol. The first-order valence-corrected chi connectivity index (χ1v) is 7.91. The summed E-state index contributed by atoms with van der Waals surface area (Å²) >= 11 is 3.39. The first kappa shape index (κ1) is 17.3. The number of hydrogen-bond donors (Lipinski definition) is 1. The van der Waals surface area contributed by atoms with Crippen molar-refractivity contribution in [3.63, 3.8) is 0 Å². The second kappa shape index (κ2) is 7.00. The molecule has 0 saturated heterocycles. The van der Waals surface area contributed by atoms with E-state index in [-0.39, 0.29) is 5.91 Å². The number of benzene rings is 1. The van der Waals surface area contributed by atoms with Crippen LogP contribution in [0.2, 0.25) is 0 Å². The molecule has 0 aliphatic heterocycles. The van der Waals surface area contributed by atoms with Crippen LogP contribution in [-0.2, 0) is 11.3 Å². The Morgan fingerprint density at radius 1 is 1.22 bits per heavy atom. The highest BCUT2D eigenvalue weighted by molar-refractivity contribution is 9.10. The van der Waals surface area contributed by atoms with Crippen LogP contribution in [0.5, 0.6) is 0 Å². The average molecular weight is 379 g/mol. The van der Waals surface area contributed by atoms with Crippen LogP contribution in [0, 0.1) is 13.8 Å². The first-order valence-electron chi connectivity index (χ1n) is 7.12. The number of carbonyl (C=O) groups excluding carboxylic acids is 2. The number of methoxy groups -OCH3 is 1. The molecule has 0 saturated carbocycles. The molecule has 23 heavy (non-hydrogen) atoms. The molecular weight excluding hydrogens is 360 g/mol. The van der Waals surface area contributed by atoms with Gasteiger partial charge in [-0.3, -0.25) is 4.79 Å². The van der Waals surface area contributed by atoms with Gasteiger partial charge in [-0.05, 0) is 37.1 Å². The zero-order valence-corrected chi connectivity index (χ0v) is 15.2. The molecule has 0 aliphatic carbocycles. The number of nitrogens with zero attached hydrogens (tertiary/aromatic N) is 1. The van der Waals surface area contributed by atoms with Gasteiger partial charge in [-0.25, -0.2) is 4.79 Å². The Kier molecular flexibility index (Phi) is 5.26. The highest BCUT2D eigenvalue weighted by Crippen LogP contribution is 2.21. The summed E-state index contributed by atoms with van der Waals surface area (Å²) in [7, 11) is 3.06. The Bertz CT molecular complexity index is 735. The van der Waals surface area contributed by atoms with Gasteiger partial charge in [0.15, 0.2) is 0 Å². The third-order valence-corrected chi connectivity index (χ3v) is 4.25. The number of nitrogens with one attached hydrogen (secondary N) is 1. The Morgan fingerprint density at radius 2 is 1.83 bits per heavy atom. The van der Waals surface area contributed by atoms with E-state index in [2.05, 4.69) is 20.9 Å². The number of carbonyl (C=O) groups is 2. The zero-order chi connectivity index (χ0) is 17.1. The summed E-state index contributed by atoms with van der Waals surface area (Å²) in [5, 5.41) is 0. The fraction of sp³-hybridized carbons (Fsp3) is 0.294. The van der Waals surface area contributed by atoms with Gasteiger partial charge in [0.1, 0.15) is 5.69 Å².